The molecule has 1 amide bonds. The molecule has 3 nitrogen and oxygen atoms in total. The van der Waals surface area contributed by atoms with E-state index >= 15 is 0 Å². The highest BCUT2D eigenvalue weighted by molar-refractivity contribution is 5.79. The summed E-state index contributed by atoms with van der Waals surface area (Å²) in [4.78, 5) is 14.8. The van der Waals surface area contributed by atoms with Crippen molar-refractivity contribution in [2.24, 2.45) is 17.3 Å². The third-order valence-corrected chi connectivity index (χ3v) is 6.13. The minimum Gasteiger partial charge on any atom is -0.396 e. The molecule has 1 saturated heterocycles. The first kappa shape index (κ1) is 18.5. The summed E-state index contributed by atoms with van der Waals surface area (Å²) in [6.07, 6.45) is 11.2. The number of allylic oxidation sites excluding steroid dienone is 2. The normalized spacial score (nSPS) is 28.9. The minimum atomic E-state index is -0.0235. The third kappa shape index (κ3) is 4.37. The Hall–Kier alpha value is -0.830. The number of unbranched alkanes of at least 4 members (excludes halogenated alkanes) is 1. The zero-order valence-electron chi connectivity index (χ0n) is 15.3. The Morgan fingerprint density at radius 1 is 1.30 bits per heavy atom. The van der Waals surface area contributed by atoms with Crippen LogP contribution < -0.4 is 0 Å². The Labute approximate surface area is 142 Å². The van der Waals surface area contributed by atoms with E-state index in [0.29, 0.717) is 11.8 Å². The fourth-order valence-electron chi connectivity index (χ4n) is 4.77. The zero-order valence-corrected chi connectivity index (χ0v) is 15.3. The molecule has 0 spiro atoms. The van der Waals surface area contributed by atoms with E-state index in [9.17, 15) is 9.90 Å². The van der Waals surface area contributed by atoms with Crippen LogP contribution in [0.1, 0.15) is 72.1 Å². The number of carbonyl (C=O) groups excluding carboxylic acids is 1. The molecule has 0 unspecified atom stereocenters. The molecule has 2 fully saturated rings. The second-order valence-electron chi connectivity index (χ2n) is 8.01. The number of aliphatic hydroxyl groups is 1. The minimum absolute atomic E-state index is 0.0235. The summed E-state index contributed by atoms with van der Waals surface area (Å²) in [6, 6.07) is 0. The molecule has 1 aliphatic carbocycles. The van der Waals surface area contributed by atoms with Crippen LogP contribution >= 0.6 is 0 Å². The van der Waals surface area contributed by atoms with Crippen molar-refractivity contribution in [3.63, 3.8) is 0 Å². The molecule has 0 aromatic carbocycles. The average Bonchev–Trinajstić information content (AvgIpc) is 3.20. The molecular formula is C20H35NO2. The summed E-state index contributed by atoms with van der Waals surface area (Å²) < 4.78 is 0. The Morgan fingerprint density at radius 3 is 2.61 bits per heavy atom. The highest BCUT2D eigenvalue weighted by Gasteiger charge is 2.46. The van der Waals surface area contributed by atoms with Gasteiger partial charge in [0.05, 0.1) is 0 Å². The first-order valence-electron chi connectivity index (χ1n) is 9.53. The molecule has 1 saturated carbocycles. The van der Waals surface area contributed by atoms with E-state index in [4.69, 9.17) is 0 Å². The summed E-state index contributed by atoms with van der Waals surface area (Å²) >= 11 is 0. The molecule has 2 rings (SSSR count). The molecule has 1 heterocycles. The molecule has 23 heavy (non-hydrogen) atoms. The molecule has 0 aromatic heterocycles. The maximum absolute atomic E-state index is 12.8. The van der Waals surface area contributed by atoms with Crippen LogP contribution in [0.3, 0.4) is 0 Å². The fourth-order valence-corrected chi connectivity index (χ4v) is 4.77. The Bertz CT molecular complexity index is 421. The van der Waals surface area contributed by atoms with Crippen molar-refractivity contribution in [2.45, 2.75) is 72.1 Å². The van der Waals surface area contributed by atoms with Gasteiger partial charge in [0.1, 0.15) is 0 Å². The molecule has 1 aliphatic heterocycles. The lowest BCUT2D eigenvalue weighted by Gasteiger charge is -2.38. The van der Waals surface area contributed by atoms with Crippen LogP contribution in [-0.4, -0.2) is 35.6 Å². The number of rotatable bonds is 7. The SMILES string of the molecule is CC(C)=CCCC[C@]1(CO)CCC[C@H]1[C@H](C)C(=O)N1CCCC1. The third-order valence-electron chi connectivity index (χ3n) is 6.13. The Morgan fingerprint density at radius 2 is 2.00 bits per heavy atom. The second-order valence-corrected chi connectivity index (χ2v) is 8.01. The quantitative estimate of drug-likeness (QED) is 0.565. The smallest absolute Gasteiger partial charge is 0.225 e. The van der Waals surface area contributed by atoms with E-state index in [1.54, 1.807) is 0 Å². The van der Waals surface area contributed by atoms with Gasteiger partial charge in [0.15, 0.2) is 0 Å². The van der Waals surface area contributed by atoms with Crippen LogP contribution in [0.25, 0.3) is 0 Å². The van der Waals surface area contributed by atoms with Crippen molar-refractivity contribution in [3.8, 4) is 0 Å². The maximum Gasteiger partial charge on any atom is 0.225 e. The number of likely N-dealkylation sites (tertiary alicyclic amines) is 1. The monoisotopic (exact) mass is 321 g/mol. The summed E-state index contributed by atoms with van der Waals surface area (Å²) in [7, 11) is 0. The van der Waals surface area contributed by atoms with Crippen LogP contribution in [0.4, 0.5) is 0 Å². The fraction of sp³-hybridized carbons (Fsp3) is 0.850. The van der Waals surface area contributed by atoms with Crippen molar-refractivity contribution < 1.29 is 9.90 Å². The first-order valence-corrected chi connectivity index (χ1v) is 9.53. The van der Waals surface area contributed by atoms with Crippen LogP contribution in [-0.2, 0) is 4.79 Å². The number of nitrogens with zero attached hydrogens (tertiary/aromatic N) is 1. The molecule has 2 aliphatic rings. The first-order chi connectivity index (χ1) is 11.0. The van der Waals surface area contributed by atoms with Crippen LogP contribution in [0.5, 0.6) is 0 Å². The van der Waals surface area contributed by atoms with Crippen molar-refractivity contribution in [3.05, 3.63) is 11.6 Å². The highest BCUT2D eigenvalue weighted by atomic mass is 16.3. The van der Waals surface area contributed by atoms with E-state index in [2.05, 4.69) is 26.8 Å². The molecule has 3 heteroatoms. The van der Waals surface area contributed by atoms with Crippen LogP contribution in [0.15, 0.2) is 11.6 Å². The van der Waals surface area contributed by atoms with E-state index in [0.717, 1.165) is 64.5 Å². The summed E-state index contributed by atoms with van der Waals surface area (Å²) in [5.74, 6) is 0.745. The topological polar surface area (TPSA) is 40.5 Å². The molecule has 3 atom stereocenters. The van der Waals surface area contributed by atoms with E-state index in [1.165, 1.54) is 5.57 Å². The predicted molar refractivity (Wildman–Crippen MR) is 95.1 cm³/mol. The molecule has 132 valence electrons. The second kappa shape index (κ2) is 8.32. The van der Waals surface area contributed by atoms with E-state index < -0.39 is 0 Å². The van der Waals surface area contributed by atoms with Gasteiger partial charge in [-0.05, 0) is 70.1 Å². The lowest BCUT2D eigenvalue weighted by molar-refractivity contribution is -0.137. The van der Waals surface area contributed by atoms with Gasteiger partial charge in [-0.1, -0.05) is 25.0 Å². The summed E-state index contributed by atoms with van der Waals surface area (Å²) in [5, 5.41) is 10.2. The number of amides is 1. The Balaban J connectivity index is 2.00. The molecule has 0 aromatic rings. The highest BCUT2D eigenvalue weighted by Crippen LogP contribution is 2.50. The van der Waals surface area contributed by atoms with Gasteiger partial charge in [0.2, 0.25) is 5.91 Å². The van der Waals surface area contributed by atoms with Gasteiger partial charge in [-0.25, -0.2) is 0 Å². The van der Waals surface area contributed by atoms with Crippen LogP contribution in [0, 0.1) is 17.3 Å². The molecular weight excluding hydrogens is 286 g/mol. The van der Waals surface area contributed by atoms with Crippen LogP contribution in [0.2, 0.25) is 0 Å². The lowest BCUT2D eigenvalue weighted by atomic mass is 9.69. The molecule has 0 radical (unpaired) electrons. The lowest BCUT2D eigenvalue weighted by Crippen LogP contribution is -2.42. The zero-order chi connectivity index (χ0) is 16.9. The maximum atomic E-state index is 12.8. The number of carbonyl (C=O) groups is 1. The van der Waals surface area contributed by atoms with E-state index in [-0.39, 0.29) is 17.9 Å². The summed E-state index contributed by atoms with van der Waals surface area (Å²) in [5.41, 5.74) is 1.34. The Kier molecular flexibility index (Phi) is 6.70. The number of aliphatic hydroxyl groups excluding tert-OH is 1. The summed E-state index contributed by atoms with van der Waals surface area (Å²) in [6.45, 7) is 8.49. The van der Waals surface area contributed by atoms with Gasteiger partial charge in [0.25, 0.3) is 0 Å². The number of hydrogen-bond donors (Lipinski definition) is 1. The molecule has 1 N–H and O–H groups in total. The molecule has 0 bridgehead atoms. The largest absolute Gasteiger partial charge is 0.396 e. The van der Waals surface area contributed by atoms with Gasteiger partial charge < -0.3 is 10.0 Å². The average molecular weight is 322 g/mol. The van der Waals surface area contributed by atoms with Gasteiger partial charge in [-0.2, -0.15) is 0 Å². The standard InChI is InChI=1S/C20H35NO2/c1-16(2)9-4-5-11-20(15-22)12-8-10-18(20)17(3)19(23)21-13-6-7-14-21/h9,17-18,22H,4-8,10-15H2,1-3H3/t17-,18-,20+/m0/s1. The number of hydrogen-bond acceptors (Lipinski definition) is 2. The van der Waals surface area contributed by atoms with Gasteiger partial charge >= 0.3 is 0 Å². The predicted octanol–water partition coefficient (Wildman–Crippen LogP) is 4.16. The van der Waals surface area contributed by atoms with Gasteiger partial charge in [-0.15, -0.1) is 0 Å². The van der Waals surface area contributed by atoms with Crippen molar-refractivity contribution in [2.75, 3.05) is 19.7 Å². The van der Waals surface area contributed by atoms with Gasteiger partial charge in [0, 0.05) is 25.6 Å². The van der Waals surface area contributed by atoms with E-state index in [1.807, 2.05) is 4.90 Å². The van der Waals surface area contributed by atoms with Crippen molar-refractivity contribution in [1.29, 1.82) is 0 Å². The van der Waals surface area contributed by atoms with Gasteiger partial charge in [-0.3, -0.25) is 4.79 Å². The van der Waals surface area contributed by atoms with Crippen molar-refractivity contribution >= 4 is 5.91 Å². The van der Waals surface area contributed by atoms with Crippen molar-refractivity contribution in [1.82, 2.24) is 4.90 Å².